The molecule has 2 aromatic rings. The van der Waals surface area contributed by atoms with E-state index in [1.54, 1.807) is 19.4 Å². The van der Waals surface area contributed by atoms with Crippen LogP contribution < -0.4 is 20.1 Å². The van der Waals surface area contributed by atoms with Crippen LogP contribution in [0.25, 0.3) is 0 Å². The molecule has 8 nitrogen and oxygen atoms in total. The van der Waals surface area contributed by atoms with Crippen molar-refractivity contribution < 1.29 is 14.2 Å². The normalized spacial score (nSPS) is 17.4. The predicted octanol–water partition coefficient (Wildman–Crippen LogP) is 2.37. The van der Waals surface area contributed by atoms with Crippen LogP contribution >= 0.6 is 0 Å². The Morgan fingerprint density at radius 3 is 2.96 bits per heavy atom. The van der Waals surface area contributed by atoms with Crippen LogP contribution in [0.1, 0.15) is 6.92 Å². The number of hydrogen-bond acceptors (Lipinski definition) is 8. The highest BCUT2D eigenvalue weighted by molar-refractivity contribution is 5.60. The molecule has 27 heavy (non-hydrogen) atoms. The summed E-state index contributed by atoms with van der Waals surface area (Å²) in [5, 5.41) is 6.18. The number of anilines is 3. The molecule has 1 aromatic heterocycles. The number of benzene rings is 1. The van der Waals surface area contributed by atoms with Crippen molar-refractivity contribution in [2.75, 3.05) is 57.6 Å². The Balaban J connectivity index is 1.67. The number of ether oxygens (including phenoxy) is 3. The van der Waals surface area contributed by atoms with Gasteiger partial charge in [-0.25, -0.2) is 4.98 Å². The van der Waals surface area contributed by atoms with Crippen LogP contribution in [0.4, 0.5) is 17.5 Å². The molecule has 2 heterocycles. The van der Waals surface area contributed by atoms with E-state index in [0.29, 0.717) is 24.1 Å². The minimum absolute atomic E-state index is 0.0515. The van der Waals surface area contributed by atoms with Crippen LogP contribution in [0, 0.1) is 0 Å². The van der Waals surface area contributed by atoms with Gasteiger partial charge in [-0.3, -0.25) is 4.90 Å². The van der Waals surface area contributed by atoms with Gasteiger partial charge >= 0.3 is 0 Å². The standard InChI is InChI=1S/C19H27N5O3/c1-4-24-9-10-26-15(12-24)13-27-17-11-14(5-6-16(17)25-3)22-19-21-8-7-18(20-2)23-19/h5-8,11,15H,4,9-10,12-13H2,1-3H3,(H2,20,21,22,23)/t15-/m1/s1. The lowest BCUT2D eigenvalue weighted by atomic mass is 10.2. The van der Waals surface area contributed by atoms with E-state index in [0.717, 1.165) is 37.7 Å². The second-order valence-corrected chi connectivity index (χ2v) is 6.20. The lowest BCUT2D eigenvalue weighted by molar-refractivity contribution is -0.0466. The van der Waals surface area contributed by atoms with Crippen molar-refractivity contribution in [2.24, 2.45) is 0 Å². The lowest BCUT2D eigenvalue weighted by Crippen LogP contribution is -2.44. The molecule has 1 aromatic carbocycles. The third-order valence-electron chi connectivity index (χ3n) is 4.43. The van der Waals surface area contributed by atoms with Gasteiger partial charge < -0.3 is 24.8 Å². The third kappa shape index (κ3) is 5.21. The van der Waals surface area contributed by atoms with E-state index in [1.807, 2.05) is 25.2 Å². The number of aromatic nitrogens is 2. The van der Waals surface area contributed by atoms with Crippen molar-refractivity contribution in [3.8, 4) is 11.5 Å². The molecule has 146 valence electrons. The summed E-state index contributed by atoms with van der Waals surface area (Å²) in [6.07, 6.45) is 1.75. The Kier molecular flexibility index (Phi) is 6.67. The van der Waals surface area contributed by atoms with Crippen LogP contribution in [0.2, 0.25) is 0 Å². The van der Waals surface area contributed by atoms with E-state index in [1.165, 1.54) is 0 Å². The SMILES string of the molecule is CCN1CCO[C@@H](COc2cc(Nc3nccc(NC)n3)ccc2OC)C1. The van der Waals surface area contributed by atoms with Gasteiger partial charge in [-0.1, -0.05) is 6.92 Å². The number of morpholine rings is 1. The van der Waals surface area contributed by atoms with Gasteiger partial charge in [0.15, 0.2) is 11.5 Å². The molecule has 1 aliphatic heterocycles. The quantitative estimate of drug-likeness (QED) is 0.730. The second-order valence-electron chi connectivity index (χ2n) is 6.20. The molecule has 1 aliphatic rings. The second kappa shape index (κ2) is 9.38. The molecule has 1 fully saturated rings. The van der Waals surface area contributed by atoms with Gasteiger partial charge in [-0.15, -0.1) is 0 Å². The topological polar surface area (TPSA) is 80.8 Å². The van der Waals surface area contributed by atoms with Crippen molar-refractivity contribution in [1.29, 1.82) is 0 Å². The lowest BCUT2D eigenvalue weighted by Gasteiger charge is -2.32. The van der Waals surface area contributed by atoms with E-state index in [4.69, 9.17) is 14.2 Å². The molecule has 0 amide bonds. The van der Waals surface area contributed by atoms with Crippen LogP contribution in [-0.4, -0.2) is 68.0 Å². The molecule has 0 spiro atoms. The molecule has 8 heteroatoms. The third-order valence-corrected chi connectivity index (χ3v) is 4.43. The van der Waals surface area contributed by atoms with Crippen LogP contribution in [0.5, 0.6) is 11.5 Å². The highest BCUT2D eigenvalue weighted by atomic mass is 16.5. The first-order chi connectivity index (χ1) is 13.2. The average Bonchev–Trinajstić information content (AvgIpc) is 2.72. The summed E-state index contributed by atoms with van der Waals surface area (Å²) < 4.78 is 17.2. The Bertz CT molecular complexity index is 743. The van der Waals surface area contributed by atoms with Crippen molar-refractivity contribution in [1.82, 2.24) is 14.9 Å². The van der Waals surface area contributed by atoms with Gasteiger partial charge in [0.05, 0.1) is 13.7 Å². The molecule has 0 bridgehead atoms. The zero-order chi connectivity index (χ0) is 19.1. The molecule has 3 rings (SSSR count). The summed E-state index contributed by atoms with van der Waals surface area (Å²) >= 11 is 0. The number of hydrogen-bond donors (Lipinski definition) is 2. The van der Waals surface area contributed by atoms with Gasteiger partial charge in [-0.2, -0.15) is 4.98 Å². The first-order valence-corrected chi connectivity index (χ1v) is 9.14. The summed E-state index contributed by atoms with van der Waals surface area (Å²) in [6, 6.07) is 7.45. The summed E-state index contributed by atoms with van der Waals surface area (Å²) in [5.41, 5.74) is 0.818. The van der Waals surface area contributed by atoms with E-state index >= 15 is 0 Å². The Labute approximate surface area is 159 Å². The molecule has 0 aliphatic carbocycles. The van der Waals surface area contributed by atoms with E-state index < -0.39 is 0 Å². The molecular weight excluding hydrogens is 346 g/mol. The Hall–Kier alpha value is -2.58. The van der Waals surface area contributed by atoms with Crippen LogP contribution in [-0.2, 0) is 4.74 Å². The van der Waals surface area contributed by atoms with Crippen LogP contribution in [0.3, 0.4) is 0 Å². The maximum atomic E-state index is 6.01. The summed E-state index contributed by atoms with van der Waals surface area (Å²) in [5.74, 6) is 2.58. The molecule has 0 radical (unpaired) electrons. The highest BCUT2D eigenvalue weighted by Crippen LogP contribution is 2.31. The van der Waals surface area contributed by atoms with E-state index in [2.05, 4.69) is 32.4 Å². The minimum Gasteiger partial charge on any atom is -0.493 e. The zero-order valence-electron chi connectivity index (χ0n) is 16.1. The highest BCUT2D eigenvalue weighted by Gasteiger charge is 2.20. The summed E-state index contributed by atoms with van der Waals surface area (Å²) in [6.45, 7) is 6.24. The number of methoxy groups -OCH3 is 1. The monoisotopic (exact) mass is 373 g/mol. The minimum atomic E-state index is 0.0515. The van der Waals surface area contributed by atoms with Gasteiger partial charge in [0.25, 0.3) is 0 Å². The Morgan fingerprint density at radius 2 is 2.19 bits per heavy atom. The summed E-state index contributed by atoms with van der Waals surface area (Å²) in [4.78, 5) is 11.0. The Morgan fingerprint density at radius 1 is 1.30 bits per heavy atom. The largest absolute Gasteiger partial charge is 0.493 e. The number of likely N-dealkylation sites (N-methyl/N-ethyl adjacent to an activating group) is 1. The maximum absolute atomic E-state index is 6.01. The van der Waals surface area contributed by atoms with Gasteiger partial charge in [-0.05, 0) is 24.7 Å². The van der Waals surface area contributed by atoms with Crippen LogP contribution in [0.15, 0.2) is 30.5 Å². The maximum Gasteiger partial charge on any atom is 0.229 e. The van der Waals surface area contributed by atoms with Gasteiger partial charge in [0, 0.05) is 38.1 Å². The number of nitrogens with zero attached hydrogens (tertiary/aromatic N) is 3. The van der Waals surface area contributed by atoms with Crippen molar-refractivity contribution in [2.45, 2.75) is 13.0 Å². The predicted molar refractivity (Wildman–Crippen MR) is 105 cm³/mol. The molecule has 1 saturated heterocycles. The van der Waals surface area contributed by atoms with Crippen molar-refractivity contribution in [3.63, 3.8) is 0 Å². The zero-order valence-corrected chi connectivity index (χ0v) is 16.1. The van der Waals surface area contributed by atoms with Crippen molar-refractivity contribution in [3.05, 3.63) is 30.5 Å². The molecule has 1 atom stereocenters. The molecule has 0 unspecified atom stereocenters. The van der Waals surface area contributed by atoms with Gasteiger partial charge in [0.2, 0.25) is 5.95 Å². The average molecular weight is 373 g/mol. The summed E-state index contributed by atoms with van der Waals surface area (Å²) in [7, 11) is 3.45. The number of nitrogens with one attached hydrogen (secondary N) is 2. The van der Waals surface area contributed by atoms with E-state index in [-0.39, 0.29) is 6.10 Å². The van der Waals surface area contributed by atoms with E-state index in [9.17, 15) is 0 Å². The first kappa shape index (κ1) is 19.2. The smallest absolute Gasteiger partial charge is 0.229 e. The molecule has 2 N–H and O–H groups in total. The fraction of sp³-hybridized carbons (Fsp3) is 0.474. The fourth-order valence-electron chi connectivity index (χ4n) is 2.91. The first-order valence-electron chi connectivity index (χ1n) is 9.14. The molecular formula is C19H27N5O3. The fourth-order valence-corrected chi connectivity index (χ4v) is 2.91. The van der Waals surface area contributed by atoms with Crippen molar-refractivity contribution >= 4 is 17.5 Å². The number of rotatable bonds is 8. The molecule has 0 saturated carbocycles. The van der Waals surface area contributed by atoms with Gasteiger partial charge in [0.1, 0.15) is 18.5 Å².